The molecule has 228 valence electrons. The van der Waals surface area contributed by atoms with Gasteiger partial charge in [-0.25, -0.2) is 0 Å². The van der Waals surface area contributed by atoms with Gasteiger partial charge in [0.2, 0.25) is 0 Å². The van der Waals surface area contributed by atoms with Gasteiger partial charge in [-0.1, -0.05) is 149 Å². The summed E-state index contributed by atoms with van der Waals surface area (Å²) in [5, 5.41) is 0. The molecule has 0 N–H and O–H groups in total. The lowest BCUT2D eigenvalue weighted by Crippen LogP contribution is -2.28. The Hall–Kier alpha value is -4.62. The minimum atomic E-state index is -0.146. The molecule has 2 aromatic rings. The summed E-state index contributed by atoms with van der Waals surface area (Å²) in [7, 11) is 0. The third kappa shape index (κ3) is 7.37. The Labute approximate surface area is 271 Å². The Balaban J connectivity index is 1.48. The Kier molecular flexibility index (Phi) is 10.5. The standard InChI is InChI=1S/C44H47N/c1-6-20-37(38-23-13-9-14-24-38)26-18-31-45(39-27-15-10-16-28-39)32-19-30-41-34(3)40(33-35-21-11-8-12-22-35)43-36(7-2)25-17-29-42(43)44(41,4)5/h7-16,18-23,25-28,30,32-33,38H,2-3,6,17,24,29,31H2,1,4-5H3/b26-18-,32-19+,37-20+,40-33+,41-30+. The second-order valence-electron chi connectivity index (χ2n) is 12.4. The van der Waals surface area contributed by atoms with E-state index in [1.54, 1.807) is 0 Å². The van der Waals surface area contributed by atoms with E-state index in [0.717, 1.165) is 37.8 Å². The van der Waals surface area contributed by atoms with Gasteiger partial charge in [0.1, 0.15) is 0 Å². The molecular formula is C44H47N. The first kappa shape index (κ1) is 31.8. The molecule has 0 heterocycles. The molecular weight excluding hydrogens is 542 g/mol. The minimum absolute atomic E-state index is 0.146. The van der Waals surface area contributed by atoms with Gasteiger partial charge in [0.15, 0.2) is 0 Å². The van der Waals surface area contributed by atoms with Gasteiger partial charge in [-0.3, -0.25) is 0 Å². The van der Waals surface area contributed by atoms with Crippen molar-refractivity contribution in [2.24, 2.45) is 11.3 Å². The normalized spacial score (nSPS) is 21.6. The third-order valence-electron chi connectivity index (χ3n) is 9.10. The van der Waals surface area contributed by atoms with Gasteiger partial charge < -0.3 is 4.90 Å². The molecule has 0 spiro atoms. The smallest absolute Gasteiger partial charge is 0.0409 e. The molecule has 0 saturated heterocycles. The monoisotopic (exact) mass is 589 g/mol. The van der Waals surface area contributed by atoms with E-state index in [0.29, 0.717) is 5.92 Å². The highest BCUT2D eigenvalue weighted by atomic mass is 15.1. The van der Waals surface area contributed by atoms with E-state index in [4.69, 9.17) is 6.58 Å². The van der Waals surface area contributed by atoms with Gasteiger partial charge in [-0.2, -0.15) is 0 Å². The number of hydrogen-bond donors (Lipinski definition) is 0. The second-order valence-corrected chi connectivity index (χ2v) is 12.4. The molecule has 45 heavy (non-hydrogen) atoms. The highest BCUT2D eigenvalue weighted by molar-refractivity contribution is 5.79. The Morgan fingerprint density at radius 3 is 2.47 bits per heavy atom. The van der Waals surface area contributed by atoms with E-state index in [2.05, 4.69) is 166 Å². The van der Waals surface area contributed by atoms with Crippen molar-refractivity contribution in [2.75, 3.05) is 11.4 Å². The van der Waals surface area contributed by atoms with E-state index < -0.39 is 0 Å². The molecule has 5 rings (SSSR count). The molecule has 3 aliphatic rings. The molecule has 1 heteroatoms. The molecule has 0 amide bonds. The zero-order valence-corrected chi connectivity index (χ0v) is 27.3. The predicted octanol–water partition coefficient (Wildman–Crippen LogP) is 11.8. The van der Waals surface area contributed by atoms with Crippen LogP contribution in [0.15, 0.2) is 186 Å². The molecule has 1 nitrogen and oxygen atoms in total. The summed E-state index contributed by atoms with van der Waals surface area (Å²) in [4.78, 5) is 2.32. The molecule has 0 saturated carbocycles. The Bertz CT molecular complexity index is 1660. The lowest BCUT2D eigenvalue weighted by molar-refractivity contribution is 0.506. The number of benzene rings is 2. The second kappa shape index (κ2) is 14.9. The largest absolute Gasteiger partial charge is 0.344 e. The zero-order valence-electron chi connectivity index (χ0n) is 27.3. The first-order valence-electron chi connectivity index (χ1n) is 16.4. The Morgan fingerprint density at radius 2 is 1.78 bits per heavy atom. The quantitative estimate of drug-likeness (QED) is 0.249. The van der Waals surface area contributed by atoms with Crippen molar-refractivity contribution in [2.45, 2.75) is 46.5 Å². The molecule has 0 bridgehead atoms. The van der Waals surface area contributed by atoms with Crippen LogP contribution < -0.4 is 4.90 Å². The first-order chi connectivity index (χ1) is 21.9. The SMILES string of the molecule is C=CC1=CCCC2=C1/C(=C/c1ccccc1)C(=C)/C(=C\C=C\N(C/C=C\C(=C/CC)C1C=CC=CC1)c1ccccc1)C2(C)C. The van der Waals surface area contributed by atoms with Crippen LogP contribution in [0.3, 0.4) is 0 Å². The van der Waals surface area contributed by atoms with Crippen LogP contribution in [0.4, 0.5) is 5.69 Å². The number of allylic oxidation sites excluding steroid dienone is 17. The number of anilines is 1. The highest BCUT2D eigenvalue weighted by Crippen LogP contribution is 2.54. The van der Waals surface area contributed by atoms with Crippen molar-refractivity contribution in [3.05, 3.63) is 191 Å². The van der Waals surface area contributed by atoms with Crippen molar-refractivity contribution in [3.8, 4) is 0 Å². The predicted molar refractivity (Wildman–Crippen MR) is 197 cm³/mol. The van der Waals surface area contributed by atoms with Crippen molar-refractivity contribution in [3.63, 3.8) is 0 Å². The van der Waals surface area contributed by atoms with Crippen LogP contribution >= 0.6 is 0 Å². The maximum Gasteiger partial charge on any atom is 0.0409 e. The van der Waals surface area contributed by atoms with Crippen LogP contribution in [0.5, 0.6) is 0 Å². The fraction of sp³-hybridized carbons (Fsp3) is 0.227. The molecule has 0 fully saturated rings. The zero-order chi connectivity index (χ0) is 31.6. The molecule has 0 aromatic heterocycles. The number of hydrogen-bond acceptors (Lipinski definition) is 1. The van der Waals surface area contributed by atoms with Gasteiger partial charge in [-0.15, -0.1) is 0 Å². The summed E-state index contributed by atoms with van der Waals surface area (Å²) in [6.45, 7) is 16.6. The van der Waals surface area contributed by atoms with Crippen molar-refractivity contribution >= 4 is 11.8 Å². The van der Waals surface area contributed by atoms with Crippen LogP contribution in [-0.2, 0) is 0 Å². The topological polar surface area (TPSA) is 3.24 Å². The van der Waals surface area contributed by atoms with Gasteiger partial charge >= 0.3 is 0 Å². The molecule has 3 aliphatic carbocycles. The maximum absolute atomic E-state index is 4.71. The van der Waals surface area contributed by atoms with Gasteiger partial charge in [-0.05, 0) is 89.0 Å². The fourth-order valence-electron chi connectivity index (χ4n) is 6.75. The lowest BCUT2D eigenvalue weighted by Gasteiger charge is -2.42. The number of para-hydroxylation sites is 1. The molecule has 1 atom stereocenters. The Morgan fingerprint density at radius 1 is 1.02 bits per heavy atom. The van der Waals surface area contributed by atoms with Gasteiger partial charge in [0.25, 0.3) is 0 Å². The molecule has 2 aromatic carbocycles. The summed E-state index contributed by atoms with van der Waals surface area (Å²) in [6.07, 6.45) is 33.4. The van der Waals surface area contributed by atoms with Crippen molar-refractivity contribution in [1.82, 2.24) is 0 Å². The van der Waals surface area contributed by atoms with Crippen LogP contribution in [0.25, 0.3) is 6.08 Å². The van der Waals surface area contributed by atoms with Crippen molar-refractivity contribution in [1.29, 1.82) is 0 Å². The lowest BCUT2D eigenvalue weighted by atomic mass is 9.61. The number of rotatable bonds is 10. The van der Waals surface area contributed by atoms with E-state index in [1.165, 1.54) is 44.7 Å². The average Bonchev–Trinajstić information content (AvgIpc) is 3.08. The van der Waals surface area contributed by atoms with Crippen LogP contribution in [0.1, 0.15) is 52.0 Å². The van der Waals surface area contributed by atoms with Gasteiger partial charge in [0, 0.05) is 29.8 Å². The minimum Gasteiger partial charge on any atom is -0.344 e. The fourth-order valence-corrected chi connectivity index (χ4v) is 6.75. The van der Waals surface area contributed by atoms with Crippen LogP contribution in [0.2, 0.25) is 0 Å². The first-order valence-corrected chi connectivity index (χ1v) is 16.4. The molecule has 0 aliphatic heterocycles. The van der Waals surface area contributed by atoms with E-state index in [-0.39, 0.29) is 5.41 Å². The summed E-state index contributed by atoms with van der Waals surface area (Å²) < 4.78 is 0. The summed E-state index contributed by atoms with van der Waals surface area (Å²) >= 11 is 0. The maximum atomic E-state index is 4.71. The van der Waals surface area contributed by atoms with Gasteiger partial charge in [0.05, 0.1) is 0 Å². The highest BCUT2D eigenvalue weighted by Gasteiger charge is 2.39. The van der Waals surface area contributed by atoms with Crippen LogP contribution in [0, 0.1) is 11.3 Å². The van der Waals surface area contributed by atoms with E-state index in [1.807, 2.05) is 6.08 Å². The average molecular weight is 590 g/mol. The molecule has 1 unspecified atom stereocenters. The third-order valence-corrected chi connectivity index (χ3v) is 9.10. The summed E-state index contributed by atoms with van der Waals surface area (Å²) in [5.74, 6) is 0.449. The summed E-state index contributed by atoms with van der Waals surface area (Å²) in [5.41, 5.74) is 11.1. The number of nitrogens with zero attached hydrogens (tertiary/aromatic N) is 1. The van der Waals surface area contributed by atoms with E-state index >= 15 is 0 Å². The van der Waals surface area contributed by atoms with Crippen LogP contribution in [-0.4, -0.2) is 6.54 Å². The molecule has 0 radical (unpaired) electrons. The van der Waals surface area contributed by atoms with E-state index in [9.17, 15) is 0 Å². The van der Waals surface area contributed by atoms with Crippen molar-refractivity contribution < 1.29 is 0 Å². The summed E-state index contributed by atoms with van der Waals surface area (Å²) in [6, 6.07) is 21.2.